The van der Waals surface area contributed by atoms with Crippen molar-refractivity contribution >= 4 is 45.1 Å². The molecule has 6 rings (SSSR count). The van der Waals surface area contributed by atoms with Gasteiger partial charge in [0.2, 0.25) is 5.91 Å². The summed E-state index contributed by atoms with van der Waals surface area (Å²) in [7, 11) is 0. The molecule has 1 spiro atoms. The second-order valence-electron chi connectivity index (χ2n) is 10.5. The molecule has 0 unspecified atom stereocenters. The standard InChI is InChI=1S/C30H25F3N4O3S/c31-30(32,33)24-11-21(19-3-5-20(6-4-19)28(39)37-14-29(15-37)16-40-17-29)9-22-10-23(41-27(22)24)13-36-26(38)8-2-18-1-7-25(34)35-12-18/h1-12H,13-17H2,(H2,34,35)(H,36,38)/b8-2+. The number of benzene rings is 2. The Bertz CT molecular complexity index is 1650. The van der Waals surface area contributed by atoms with Crippen LogP contribution in [0.3, 0.4) is 0 Å². The zero-order chi connectivity index (χ0) is 28.8. The van der Waals surface area contributed by atoms with Crippen molar-refractivity contribution in [2.75, 3.05) is 32.0 Å². The fourth-order valence-corrected chi connectivity index (χ4v) is 6.17. The van der Waals surface area contributed by atoms with Crippen LogP contribution in [0.1, 0.15) is 26.4 Å². The van der Waals surface area contributed by atoms with Gasteiger partial charge in [0.1, 0.15) is 5.82 Å². The van der Waals surface area contributed by atoms with Gasteiger partial charge in [0.05, 0.1) is 30.7 Å². The molecule has 0 atom stereocenters. The quantitative estimate of drug-likeness (QED) is 0.300. The van der Waals surface area contributed by atoms with E-state index in [1.54, 1.807) is 59.5 Å². The van der Waals surface area contributed by atoms with Crippen LogP contribution in [0.4, 0.5) is 19.0 Å². The van der Waals surface area contributed by atoms with Gasteiger partial charge in [0.25, 0.3) is 5.91 Å². The maximum absolute atomic E-state index is 14.1. The van der Waals surface area contributed by atoms with Crippen molar-refractivity contribution in [2.45, 2.75) is 12.7 Å². The zero-order valence-electron chi connectivity index (χ0n) is 21.7. The number of fused-ring (bicyclic) bond motifs is 1. The van der Waals surface area contributed by atoms with Crippen molar-refractivity contribution in [3.8, 4) is 11.1 Å². The molecule has 4 heterocycles. The molecule has 0 radical (unpaired) electrons. The summed E-state index contributed by atoms with van der Waals surface area (Å²) in [5.74, 6) is -0.116. The monoisotopic (exact) mass is 578 g/mol. The number of pyridine rings is 1. The first-order valence-electron chi connectivity index (χ1n) is 12.9. The van der Waals surface area contributed by atoms with Crippen LogP contribution in [-0.4, -0.2) is 48.0 Å². The number of nitrogens with zero attached hydrogens (tertiary/aromatic N) is 2. The summed E-state index contributed by atoms with van der Waals surface area (Å²) >= 11 is 0.996. The van der Waals surface area contributed by atoms with E-state index in [4.69, 9.17) is 10.5 Å². The topological polar surface area (TPSA) is 97.5 Å². The molecule has 0 saturated carbocycles. The Morgan fingerprint density at radius 1 is 1.07 bits per heavy atom. The number of anilines is 1. The molecule has 41 heavy (non-hydrogen) atoms. The molecule has 0 bridgehead atoms. The highest BCUT2D eigenvalue weighted by molar-refractivity contribution is 7.19. The average molecular weight is 579 g/mol. The summed E-state index contributed by atoms with van der Waals surface area (Å²) in [5.41, 5.74) is 7.07. The van der Waals surface area contributed by atoms with E-state index >= 15 is 0 Å². The minimum atomic E-state index is -4.57. The summed E-state index contributed by atoms with van der Waals surface area (Å²) in [6.45, 7) is 2.76. The van der Waals surface area contributed by atoms with Crippen molar-refractivity contribution in [1.29, 1.82) is 0 Å². The first-order chi connectivity index (χ1) is 19.6. The summed E-state index contributed by atoms with van der Waals surface area (Å²) in [5, 5.41) is 3.14. The molecule has 2 aliphatic heterocycles. The number of thiophene rings is 1. The number of nitrogens with one attached hydrogen (secondary N) is 1. The summed E-state index contributed by atoms with van der Waals surface area (Å²) in [6, 6.07) is 14.5. The Morgan fingerprint density at radius 2 is 1.83 bits per heavy atom. The van der Waals surface area contributed by atoms with Crippen LogP contribution in [0.2, 0.25) is 0 Å². The molecule has 210 valence electrons. The van der Waals surface area contributed by atoms with Gasteiger partial charge < -0.3 is 20.7 Å². The van der Waals surface area contributed by atoms with Crippen molar-refractivity contribution in [1.82, 2.24) is 15.2 Å². The predicted octanol–water partition coefficient (Wildman–Crippen LogP) is 5.37. The predicted molar refractivity (Wildman–Crippen MR) is 151 cm³/mol. The zero-order valence-corrected chi connectivity index (χ0v) is 22.5. The van der Waals surface area contributed by atoms with E-state index in [-0.39, 0.29) is 28.5 Å². The van der Waals surface area contributed by atoms with E-state index in [0.717, 1.165) is 17.4 Å². The highest BCUT2D eigenvalue weighted by Gasteiger charge is 2.50. The number of alkyl halides is 3. The van der Waals surface area contributed by atoms with Gasteiger partial charge in [-0.1, -0.05) is 12.1 Å². The van der Waals surface area contributed by atoms with Crippen LogP contribution in [0.25, 0.3) is 27.3 Å². The molecule has 2 aliphatic rings. The number of aromatic nitrogens is 1. The fourth-order valence-electron chi connectivity index (χ4n) is 5.06. The molecule has 2 fully saturated rings. The van der Waals surface area contributed by atoms with Gasteiger partial charge in [0.15, 0.2) is 0 Å². The van der Waals surface area contributed by atoms with Crippen molar-refractivity contribution < 1.29 is 27.5 Å². The molecule has 2 amide bonds. The summed E-state index contributed by atoms with van der Waals surface area (Å²) in [4.78, 5) is 31.4. The summed E-state index contributed by atoms with van der Waals surface area (Å²) in [6.07, 6.45) is -0.137. The third-order valence-corrected chi connectivity index (χ3v) is 8.45. The second-order valence-corrected chi connectivity index (χ2v) is 11.6. The number of carbonyl (C=O) groups excluding carboxylic acids is 2. The minimum Gasteiger partial charge on any atom is -0.384 e. The van der Waals surface area contributed by atoms with E-state index in [1.807, 2.05) is 0 Å². The van der Waals surface area contributed by atoms with Gasteiger partial charge >= 0.3 is 6.18 Å². The number of hydrogen-bond donors (Lipinski definition) is 2. The van der Waals surface area contributed by atoms with Gasteiger partial charge in [0, 0.05) is 40.5 Å². The van der Waals surface area contributed by atoms with Crippen LogP contribution >= 0.6 is 11.3 Å². The van der Waals surface area contributed by atoms with Crippen molar-refractivity contribution in [3.63, 3.8) is 0 Å². The van der Waals surface area contributed by atoms with Crippen molar-refractivity contribution in [2.24, 2.45) is 5.41 Å². The highest BCUT2D eigenvalue weighted by atomic mass is 32.1. The Hall–Kier alpha value is -4.22. The molecule has 2 aromatic carbocycles. The van der Waals surface area contributed by atoms with Gasteiger partial charge in [-0.3, -0.25) is 9.59 Å². The number of amides is 2. The number of rotatable bonds is 6. The average Bonchev–Trinajstić information content (AvgIpc) is 3.32. The lowest BCUT2D eigenvalue weighted by molar-refractivity contribution is -0.176. The maximum atomic E-state index is 14.1. The third kappa shape index (κ3) is 5.55. The second kappa shape index (κ2) is 10.3. The SMILES string of the molecule is Nc1ccc(/C=C/C(=O)NCc2cc3cc(-c4ccc(C(=O)N5CC6(COC6)C5)cc4)cc(C(F)(F)F)c3s2)cn1. The lowest BCUT2D eigenvalue weighted by Crippen LogP contribution is -2.67. The van der Waals surface area contributed by atoms with E-state index in [1.165, 1.54) is 12.3 Å². The van der Waals surface area contributed by atoms with Crippen LogP contribution in [0.5, 0.6) is 0 Å². The molecule has 4 aromatic rings. The molecule has 11 heteroatoms. The van der Waals surface area contributed by atoms with Gasteiger partial charge in [-0.2, -0.15) is 13.2 Å². The molecular weight excluding hydrogens is 553 g/mol. The first-order valence-corrected chi connectivity index (χ1v) is 13.7. The summed E-state index contributed by atoms with van der Waals surface area (Å²) < 4.78 is 47.6. The smallest absolute Gasteiger partial charge is 0.384 e. The molecular formula is C30H25F3N4O3S. The largest absolute Gasteiger partial charge is 0.417 e. The van der Waals surface area contributed by atoms with Gasteiger partial charge in [-0.25, -0.2) is 4.98 Å². The van der Waals surface area contributed by atoms with Gasteiger partial charge in [-0.05, 0) is 70.6 Å². The number of hydrogen-bond acceptors (Lipinski definition) is 6. The highest BCUT2D eigenvalue weighted by Crippen LogP contribution is 2.42. The Balaban J connectivity index is 1.18. The molecule has 3 N–H and O–H groups in total. The maximum Gasteiger partial charge on any atom is 0.417 e. The Kier molecular flexibility index (Phi) is 6.79. The molecule has 0 aliphatic carbocycles. The van der Waals surface area contributed by atoms with Gasteiger partial charge in [-0.15, -0.1) is 11.3 Å². The third-order valence-electron chi connectivity index (χ3n) is 7.27. The minimum absolute atomic E-state index is 0.0792. The van der Waals surface area contributed by atoms with Crippen molar-refractivity contribution in [3.05, 3.63) is 88.4 Å². The Morgan fingerprint density at radius 3 is 2.46 bits per heavy atom. The number of nitrogen functional groups attached to an aromatic ring is 1. The lowest BCUT2D eigenvalue weighted by Gasteiger charge is -2.54. The van der Waals surface area contributed by atoms with E-state index in [0.29, 0.717) is 64.6 Å². The molecule has 2 aromatic heterocycles. The fraction of sp³-hybridized carbons (Fsp3) is 0.233. The van der Waals surface area contributed by atoms with Crippen LogP contribution in [0, 0.1) is 5.41 Å². The number of halogens is 3. The van der Waals surface area contributed by atoms with Crippen LogP contribution < -0.4 is 11.1 Å². The van der Waals surface area contributed by atoms with Crippen LogP contribution in [-0.2, 0) is 22.3 Å². The normalized spacial score (nSPS) is 16.1. The van der Waals surface area contributed by atoms with E-state index in [2.05, 4.69) is 10.3 Å². The number of carbonyl (C=O) groups is 2. The van der Waals surface area contributed by atoms with Crippen LogP contribution in [0.15, 0.2) is 66.9 Å². The molecule has 2 saturated heterocycles. The number of nitrogens with two attached hydrogens (primary N) is 1. The van der Waals surface area contributed by atoms with E-state index < -0.39 is 11.7 Å². The lowest BCUT2D eigenvalue weighted by atomic mass is 9.78. The number of ether oxygens (including phenoxy) is 1. The number of likely N-dealkylation sites (tertiary alicyclic amines) is 1. The Labute approximate surface area is 237 Å². The molecule has 7 nitrogen and oxygen atoms in total. The first kappa shape index (κ1) is 27.0. The van der Waals surface area contributed by atoms with E-state index in [9.17, 15) is 22.8 Å².